The summed E-state index contributed by atoms with van der Waals surface area (Å²) in [6.07, 6.45) is -0.678. The van der Waals surface area contributed by atoms with Crippen molar-refractivity contribution in [1.82, 2.24) is 5.32 Å². The summed E-state index contributed by atoms with van der Waals surface area (Å²) in [6.45, 7) is 0.0908. The Balaban J connectivity index is 1.23. The van der Waals surface area contributed by atoms with Crippen LogP contribution in [0.3, 0.4) is 0 Å². The second kappa shape index (κ2) is 9.19. The summed E-state index contributed by atoms with van der Waals surface area (Å²) in [5.74, 6) is 0.736. The van der Waals surface area contributed by atoms with Crippen LogP contribution in [-0.2, 0) is 22.6 Å². The molecule has 2 N–H and O–H groups in total. The Bertz CT molecular complexity index is 1350. The highest BCUT2D eigenvalue weighted by molar-refractivity contribution is 5.85. The first-order valence-electron chi connectivity index (χ1n) is 10.7. The van der Waals surface area contributed by atoms with Crippen molar-refractivity contribution < 1.29 is 33.3 Å². The van der Waals surface area contributed by atoms with Crippen molar-refractivity contribution in [3.05, 3.63) is 84.1 Å². The minimum atomic E-state index is -1.14. The quantitative estimate of drug-likeness (QED) is 0.411. The SMILES string of the molecule is O=C(N[C@H](Cc1ccccc1)C(=O)O)OCc1cc2cc(-c3ccc4c(c3)OCO4)ccc2o1. The standard InChI is InChI=1S/C26H21NO7/c28-25(29)21(10-16-4-2-1-3-5-16)27-26(30)31-14-20-12-19-11-17(6-8-22(19)34-20)18-7-9-23-24(13-18)33-15-32-23/h1-9,11-13,21H,10,14-15H2,(H,27,30)(H,28,29)/t21-/m1/s1. The van der Waals surface area contributed by atoms with Gasteiger partial charge >= 0.3 is 12.1 Å². The first-order valence-corrected chi connectivity index (χ1v) is 10.7. The molecule has 0 aliphatic carbocycles. The van der Waals surface area contributed by atoms with Gasteiger partial charge in [-0.3, -0.25) is 0 Å². The Labute approximate surface area is 194 Å². The van der Waals surface area contributed by atoms with Gasteiger partial charge < -0.3 is 29.1 Å². The van der Waals surface area contributed by atoms with Gasteiger partial charge in [0, 0.05) is 11.8 Å². The fraction of sp³-hybridized carbons (Fsp3) is 0.154. The van der Waals surface area contributed by atoms with Crippen molar-refractivity contribution in [3.8, 4) is 22.6 Å². The Hall–Kier alpha value is -4.46. The average Bonchev–Trinajstić information content (AvgIpc) is 3.48. The van der Waals surface area contributed by atoms with Crippen LogP contribution in [0.15, 0.2) is 77.2 Å². The lowest BCUT2D eigenvalue weighted by Crippen LogP contribution is -2.42. The first kappa shape index (κ1) is 21.4. The highest BCUT2D eigenvalue weighted by atomic mass is 16.7. The number of rotatable bonds is 7. The van der Waals surface area contributed by atoms with Crippen LogP contribution in [0.4, 0.5) is 4.79 Å². The predicted octanol–water partition coefficient (Wildman–Crippen LogP) is 4.75. The number of aliphatic carboxylic acids is 1. The smallest absolute Gasteiger partial charge is 0.408 e. The lowest BCUT2D eigenvalue weighted by molar-refractivity contribution is -0.139. The number of hydrogen-bond donors (Lipinski definition) is 2. The molecule has 1 atom stereocenters. The van der Waals surface area contributed by atoms with Crippen molar-refractivity contribution >= 4 is 23.0 Å². The molecule has 0 radical (unpaired) electrons. The van der Waals surface area contributed by atoms with E-state index < -0.39 is 18.1 Å². The molecule has 1 aliphatic heterocycles. The fourth-order valence-electron chi connectivity index (χ4n) is 3.80. The van der Waals surface area contributed by atoms with Crippen LogP contribution in [0.1, 0.15) is 11.3 Å². The van der Waals surface area contributed by atoms with Gasteiger partial charge in [-0.25, -0.2) is 9.59 Å². The minimum absolute atomic E-state index is 0.127. The van der Waals surface area contributed by atoms with E-state index in [2.05, 4.69) is 5.32 Å². The van der Waals surface area contributed by atoms with E-state index in [0.717, 1.165) is 27.8 Å². The highest BCUT2D eigenvalue weighted by Gasteiger charge is 2.21. The maximum absolute atomic E-state index is 12.2. The average molecular weight is 459 g/mol. The molecule has 0 fully saturated rings. The lowest BCUT2D eigenvalue weighted by Gasteiger charge is -2.14. The van der Waals surface area contributed by atoms with E-state index in [0.29, 0.717) is 17.1 Å². The molecule has 8 heteroatoms. The number of carbonyl (C=O) groups is 2. The molecule has 0 unspecified atom stereocenters. The van der Waals surface area contributed by atoms with Gasteiger partial charge in [0.15, 0.2) is 18.1 Å². The van der Waals surface area contributed by atoms with Gasteiger partial charge in [-0.1, -0.05) is 42.5 Å². The molecule has 0 saturated carbocycles. The molecule has 4 aromatic rings. The molecule has 34 heavy (non-hydrogen) atoms. The number of furan rings is 1. The number of amides is 1. The van der Waals surface area contributed by atoms with Crippen molar-refractivity contribution in [1.29, 1.82) is 0 Å². The number of benzene rings is 3. The molecule has 1 aliphatic rings. The normalized spacial score (nSPS) is 12.9. The summed E-state index contributed by atoms with van der Waals surface area (Å²) >= 11 is 0. The van der Waals surface area contributed by atoms with Gasteiger partial charge in [0.05, 0.1) is 0 Å². The van der Waals surface area contributed by atoms with E-state index in [9.17, 15) is 14.7 Å². The van der Waals surface area contributed by atoms with Crippen LogP contribution in [0.25, 0.3) is 22.1 Å². The van der Waals surface area contributed by atoms with Crippen molar-refractivity contribution in [2.45, 2.75) is 19.1 Å². The summed E-state index contributed by atoms with van der Waals surface area (Å²) in [4.78, 5) is 23.7. The Morgan fingerprint density at radius 3 is 2.53 bits per heavy atom. The zero-order chi connectivity index (χ0) is 23.5. The van der Waals surface area contributed by atoms with Crippen molar-refractivity contribution in [3.63, 3.8) is 0 Å². The van der Waals surface area contributed by atoms with E-state index in [1.807, 2.05) is 54.6 Å². The predicted molar refractivity (Wildman–Crippen MR) is 123 cm³/mol. The van der Waals surface area contributed by atoms with E-state index in [-0.39, 0.29) is 19.8 Å². The van der Waals surface area contributed by atoms with Crippen LogP contribution >= 0.6 is 0 Å². The van der Waals surface area contributed by atoms with Gasteiger partial charge in [0.25, 0.3) is 0 Å². The number of carbonyl (C=O) groups excluding carboxylic acids is 1. The maximum atomic E-state index is 12.2. The number of carboxylic acids is 1. The Morgan fingerprint density at radius 1 is 0.941 bits per heavy atom. The third kappa shape index (κ3) is 4.66. The van der Waals surface area contributed by atoms with Crippen LogP contribution in [0.2, 0.25) is 0 Å². The summed E-state index contributed by atoms with van der Waals surface area (Å²) in [5, 5.41) is 12.7. The van der Waals surface area contributed by atoms with E-state index in [4.69, 9.17) is 18.6 Å². The summed E-state index contributed by atoms with van der Waals surface area (Å²) < 4.78 is 21.8. The zero-order valence-corrected chi connectivity index (χ0v) is 18.0. The molecule has 0 spiro atoms. The van der Waals surface area contributed by atoms with Gasteiger partial charge in [-0.2, -0.15) is 0 Å². The van der Waals surface area contributed by atoms with Gasteiger partial charge in [0.2, 0.25) is 6.79 Å². The fourth-order valence-corrected chi connectivity index (χ4v) is 3.80. The van der Waals surface area contributed by atoms with Crippen molar-refractivity contribution in [2.75, 3.05) is 6.79 Å². The van der Waals surface area contributed by atoms with E-state index >= 15 is 0 Å². The first-order chi connectivity index (χ1) is 16.5. The van der Waals surface area contributed by atoms with E-state index in [1.165, 1.54) is 0 Å². The Morgan fingerprint density at radius 2 is 1.71 bits per heavy atom. The molecule has 0 bridgehead atoms. The second-order valence-electron chi connectivity index (χ2n) is 7.83. The molecular formula is C26H21NO7. The van der Waals surface area contributed by atoms with Crippen molar-refractivity contribution in [2.24, 2.45) is 0 Å². The third-order valence-corrected chi connectivity index (χ3v) is 5.49. The van der Waals surface area contributed by atoms with Gasteiger partial charge in [-0.05, 0) is 47.0 Å². The maximum Gasteiger partial charge on any atom is 0.408 e. The minimum Gasteiger partial charge on any atom is -0.480 e. The summed E-state index contributed by atoms with van der Waals surface area (Å²) in [6, 6.07) is 21.3. The number of hydrogen-bond acceptors (Lipinski definition) is 6. The third-order valence-electron chi connectivity index (χ3n) is 5.49. The molecule has 172 valence electrons. The monoisotopic (exact) mass is 459 g/mol. The second-order valence-corrected chi connectivity index (χ2v) is 7.83. The number of nitrogens with one attached hydrogen (secondary N) is 1. The molecule has 0 saturated heterocycles. The van der Waals surface area contributed by atoms with Crippen LogP contribution in [0, 0.1) is 0 Å². The van der Waals surface area contributed by atoms with Crippen LogP contribution < -0.4 is 14.8 Å². The summed E-state index contributed by atoms with van der Waals surface area (Å²) in [5.41, 5.74) is 3.39. The molecule has 5 rings (SSSR count). The molecule has 1 amide bonds. The number of alkyl carbamates (subject to hydrolysis) is 1. The molecule has 3 aromatic carbocycles. The summed E-state index contributed by atoms with van der Waals surface area (Å²) in [7, 11) is 0. The number of fused-ring (bicyclic) bond motifs is 2. The topological polar surface area (TPSA) is 107 Å². The number of ether oxygens (including phenoxy) is 3. The van der Waals surface area contributed by atoms with Crippen LogP contribution in [0.5, 0.6) is 11.5 Å². The van der Waals surface area contributed by atoms with Gasteiger partial charge in [0.1, 0.15) is 17.4 Å². The largest absolute Gasteiger partial charge is 0.480 e. The molecule has 1 aromatic heterocycles. The van der Waals surface area contributed by atoms with Gasteiger partial charge in [-0.15, -0.1) is 0 Å². The molecule has 2 heterocycles. The Kier molecular flexibility index (Phi) is 5.78. The van der Waals surface area contributed by atoms with Crippen LogP contribution in [-0.4, -0.2) is 30.0 Å². The zero-order valence-electron chi connectivity index (χ0n) is 18.0. The molecular weight excluding hydrogens is 438 g/mol. The number of carboxylic acid groups (broad SMARTS) is 1. The highest BCUT2D eigenvalue weighted by Crippen LogP contribution is 2.36. The lowest BCUT2D eigenvalue weighted by atomic mass is 10.0. The van der Waals surface area contributed by atoms with E-state index in [1.54, 1.807) is 18.2 Å². The molecule has 8 nitrogen and oxygen atoms in total.